The maximum atomic E-state index is 13.0. The fourth-order valence-electron chi connectivity index (χ4n) is 4.28. The largest absolute Gasteiger partial charge is 0.494 e. The molecule has 0 aliphatic carbocycles. The van der Waals surface area contributed by atoms with Gasteiger partial charge in [-0.15, -0.1) is 5.10 Å². The van der Waals surface area contributed by atoms with Gasteiger partial charge in [0.1, 0.15) is 12.3 Å². The predicted molar refractivity (Wildman–Crippen MR) is 120 cm³/mol. The summed E-state index contributed by atoms with van der Waals surface area (Å²) in [6.45, 7) is 3.63. The molecule has 3 aromatic rings. The van der Waals surface area contributed by atoms with Crippen LogP contribution in [0, 0.1) is 0 Å². The number of para-hydroxylation sites is 1. The number of carbonyl (C=O) groups excluding carboxylic acids is 1. The summed E-state index contributed by atoms with van der Waals surface area (Å²) >= 11 is 0. The molecule has 1 amide bonds. The summed E-state index contributed by atoms with van der Waals surface area (Å²) in [7, 11) is 0. The Morgan fingerprint density at radius 3 is 2.56 bits per heavy atom. The van der Waals surface area contributed by atoms with E-state index in [0.29, 0.717) is 32.2 Å². The quantitative estimate of drug-likeness (QED) is 0.567. The molecule has 5 rings (SSSR count). The Balaban J connectivity index is 1.45. The lowest BCUT2D eigenvalue weighted by Crippen LogP contribution is -2.45. The van der Waals surface area contributed by atoms with Crippen molar-refractivity contribution in [2.24, 2.45) is 0 Å². The second-order valence-corrected chi connectivity index (χ2v) is 7.72. The lowest BCUT2D eigenvalue weighted by molar-refractivity contribution is -0.119. The summed E-state index contributed by atoms with van der Waals surface area (Å²) in [6.07, 6.45) is 0.766. The first-order valence-electron chi connectivity index (χ1n) is 10.7. The number of anilines is 3. The van der Waals surface area contributed by atoms with E-state index in [-0.39, 0.29) is 12.5 Å². The van der Waals surface area contributed by atoms with E-state index in [1.54, 1.807) is 4.90 Å². The van der Waals surface area contributed by atoms with Crippen LogP contribution in [-0.2, 0) is 24.3 Å². The van der Waals surface area contributed by atoms with Crippen molar-refractivity contribution in [2.45, 2.75) is 26.4 Å². The molecule has 9 heteroatoms. The summed E-state index contributed by atoms with van der Waals surface area (Å²) in [5.74, 6) is 0.843. The van der Waals surface area contributed by atoms with Crippen LogP contribution in [0.1, 0.15) is 12.5 Å². The Labute approximate surface area is 184 Å². The third-order valence-electron chi connectivity index (χ3n) is 5.84. The first-order valence-corrected chi connectivity index (χ1v) is 10.7. The number of aromatic nitrogens is 3. The van der Waals surface area contributed by atoms with E-state index < -0.39 is 11.1 Å². The van der Waals surface area contributed by atoms with Gasteiger partial charge in [0.2, 0.25) is 11.9 Å². The second kappa shape index (κ2) is 7.99. The molecule has 0 atom stereocenters. The number of benzene rings is 2. The zero-order chi connectivity index (χ0) is 22.2. The molecule has 0 bridgehead atoms. The van der Waals surface area contributed by atoms with Crippen molar-refractivity contribution in [1.29, 1.82) is 0 Å². The van der Waals surface area contributed by atoms with Crippen molar-refractivity contribution in [2.75, 3.05) is 29.5 Å². The van der Waals surface area contributed by atoms with Crippen LogP contribution in [0.4, 0.5) is 17.3 Å². The highest BCUT2D eigenvalue weighted by Gasteiger charge is 2.29. The van der Waals surface area contributed by atoms with Gasteiger partial charge in [0.25, 0.3) is 0 Å². The Morgan fingerprint density at radius 2 is 1.78 bits per heavy atom. The monoisotopic (exact) mass is 433 g/mol. The van der Waals surface area contributed by atoms with Crippen LogP contribution in [-0.4, -0.2) is 40.0 Å². The highest BCUT2D eigenvalue weighted by atomic mass is 16.5. The topological polar surface area (TPSA) is 89.7 Å². The predicted octanol–water partition coefficient (Wildman–Crippen LogP) is 1.54. The van der Waals surface area contributed by atoms with Gasteiger partial charge in [-0.05, 0) is 49.2 Å². The average Bonchev–Trinajstić information content (AvgIpc) is 3.42. The van der Waals surface area contributed by atoms with Crippen LogP contribution in [0.2, 0.25) is 0 Å². The summed E-state index contributed by atoms with van der Waals surface area (Å²) in [5.41, 5.74) is 1.31. The van der Waals surface area contributed by atoms with Crippen LogP contribution in [0.3, 0.4) is 0 Å². The molecule has 1 aromatic heterocycles. The maximum Gasteiger partial charge on any atom is 0.333 e. The maximum absolute atomic E-state index is 13.0. The number of fused-ring (bicyclic) bond motifs is 2. The molecule has 2 aliphatic rings. The lowest BCUT2D eigenvalue weighted by atomic mass is 10.2. The highest BCUT2D eigenvalue weighted by molar-refractivity contribution is 5.95. The first kappa shape index (κ1) is 20.0. The molecular formula is C23H23N5O4. The summed E-state index contributed by atoms with van der Waals surface area (Å²) < 4.78 is 7.84. The third kappa shape index (κ3) is 3.35. The van der Waals surface area contributed by atoms with Crippen molar-refractivity contribution in [1.82, 2.24) is 14.3 Å². The fraction of sp³-hybridized carbons (Fsp3) is 0.304. The van der Waals surface area contributed by atoms with E-state index in [1.165, 1.54) is 4.57 Å². The molecular weight excluding hydrogens is 410 g/mol. The minimum Gasteiger partial charge on any atom is -0.494 e. The third-order valence-corrected chi connectivity index (χ3v) is 5.84. The van der Waals surface area contributed by atoms with E-state index in [4.69, 9.17) is 4.74 Å². The molecule has 0 radical (unpaired) electrons. The van der Waals surface area contributed by atoms with Gasteiger partial charge in [0.15, 0.2) is 0 Å². The summed E-state index contributed by atoms with van der Waals surface area (Å²) in [5, 5.41) is 4.41. The average molecular weight is 433 g/mol. The van der Waals surface area contributed by atoms with Crippen LogP contribution in [0.15, 0.2) is 58.1 Å². The summed E-state index contributed by atoms with van der Waals surface area (Å²) in [4.78, 5) is 41.9. The molecule has 164 valence electrons. The van der Waals surface area contributed by atoms with Crippen LogP contribution in [0.5, 0.6) is 5.75 Å². The standard InChI is InChI=1S/C23H23N5O4/c1-2-32-18-9-7-17(8-10-18)25-13-14-27-21(30)22(31)28(24-23(25)27)15-20(29)26-12-11-16-5-3-4-6-19(16)26/h3-10H,2,11-15H2,1H3. The fourth-order valence-corrected chi connectivity index (χ4v) is 4.28. The Kier molecular flexibility index (Phi) is 5.01. The van der Waals surface area contributed by atoms with Gasteiger partial charge >= 0.3 is 11.1 Å². The number of nitrogens with zero attached hydrogens (tertiary/aromatic N) is 5. The molecule has 0 fully saturated rings. The van der Waals surface area contributed by atoms with E-state index in [9.17, 15) is 14.4 Å². The van der Waals surface area contributed by atoms with Gasteiger partial charge in [-0.3, -0.25) is 19.0 Å². The van der Waals surface area contributed by atoms with Crippen LogP contribution in [0.25, 0.3) is 0 Å². The van der Waals surface area contributed by atoms with Crippen molar-refractivity contribution < 1.29 is 9.53 Å². The highest BCUT2D eigenvalue weighted by Crippen LogP contribution is 2.29. The summed E-state index contributed by atoms with van der Waals surface area (Å²) in [6, 6.07) is 15.2. The van der Waals surface area contributed by atoms with Crippen LogP contribution >= 0.6 is 0 Å². The number of hydrogen-bond donors (Lipinski definition) is 0. The lowest BCUT2D eigenvalue weighted by Gasteiger charge is -2.20. The number of hydrogen-bond acceptors (Lipinski definition) is 6. The normalized spacial score (nSPS) is 14.4. The molecule has 9 nitrogen and oxygen atoms in total. The molecule has 2 aromatic carbocycles. The molecule has 0 saturated heterocycles. The van der Waals surface area contributed by atoms with Crippen molar-refractivity contribution in [3.05, 3.63) is 74.8 Å². The minimum absolute atomic E-state index is 0.264. The Hall–Kier alpha value is -3.88. The second-order valence-electron chi connectivity index (χ2n) is 7.72. The van der Waals surface area contributed by atoms with Crippen molar-refractivity contribution in [3.8, 4) is 5.75 Å². The van der Waals surface area contributed by atoms with Crippen LogP contribution < -0.4 is 25.7 Å². The van der Waals surface area contributed by atoms with Gasteiger partial charge < -0.3 is 14.5 Å². The Morgan fingerprint density at radius 1 is 1.00 bits per heavy atom. The van der Waals surface area contributed by atoms with Crippen molar-refractivity contribution in [3.63, 3.8) is 0 Å². The van der Waals surface area contributed by atoms with E-state index in [0.717, 1.165) is 33.8 Å². The molecule has 32 heavy (non-hydrogen) atoms. The number of carbonyl (C=O) groups is 1. The molecule has 0 saturated carbocycles. The van der Waals surface area contributed by atoms with E-state index in [1.807, 2.05) is 60.4 Å². The molecule has 3 heterocycles. The first-order chi connectivity index (χ1) is 15.6. The molecule has 2 aliphatic heterocycles. The number of amides is 1. The van der Waals surface area contributed by atoms with E-state index in [2.05, 4.69) is 5.10 Å². The van der Waals surface area contributed by atoms with Gasteiger partial charge in [0.05, 0.1) is 6.61 Å². The molecule has 0 N–H and O–H groups in total. The zero-order valence-corrected chi connectivity index (χ0v) is 17.7. The van der Waals surface area contributed by atoms with E-state index >= 15 is 0 Å². The van der Waals surface area contributed by atoms with Gasteiger partial charge in [0, 0.05) is 31.0 Å². The molecule has 0 unspecified atom stereocenters. The molecule has 0 spiro atoms. The minimum atomic E-state index is -0.789. The zero-order valence-electron chi connectivity index (χ0n) is 17.7. The SMILES string of the molecule is CCOc1ccc(N2CCn3c2nn(CC(=O)N2CCc4ccccc42)c(=O)c3=O)cc1. The van der Waals surface area contributed by atoms with Gasteiger partial charge in [-0.1, -0.05) is 18.2 Å². The smallest absolute Gasteiger partial charge is 0.333 e. The Bertz CT molecular complexity index is 1290. The van der Waals surface area contributed by atoms with Gasteiger partial charge in [-0.25, -0.2) is 4.68 Å². The number of rotatable bonds is 5. The van der Waals surface area contributed by atoms with Gasteiger partial charge in [-0.2, -0.15) is 0 Å². The number of ether oxygens (including phenoxy) is 1. The van der Waals surface area contributed by atoms with Crippen molar-refractivity contribution >= 4 is 23.2 Å².